The number of fused-ring (bicyclic) bond motifs is 1. The molecule has 132 valence electrons. The maximum atomic E-state index is 12.6. The van der Waals surface area contributed by atoms with Crippen molar-refractivity contribution in [3.63, 3.8) is 0 Å². The highest BCUT2D eigenvalue weighted by Gasteiger charge is 2.21. The number of nitrogens with two attached hydrogens (primary N) is 1. The summed E-state index contributed by atoms with van der Waals surface area (Å²) in [7, 11) is 0. The standard InChI is InChI=1S/C21H22N4O/c22-17-11-13-25(14-12-17)21(26)16-8-5-15(6-9-16)7-10-20-18-3-1-2-4-19(18)23-24-20/h1-10,17H,11-14,22H2,(H,23,24). The first-order valence-electron chi connectivity index (χ1n) is 8.97. The van der Waals surface area contributed by atoms with Crippen LogP contribution in [0.25, 0.3) is 23.1 Å². The fourth-order valence-electron chi connectivity index (χ4n) is 3.31. The van der Waals surface area contributed by atoms with Gasteiger partial charge in [0.05, 0.1) is 11.2 Å². The van der Waals surface area contributed by atoms with E-state index in [4.69, 9.17) is 5.73 Å². The third-order valence-corrected chi connectivity index (χ3v) is 4.92. The predicted octanol–water partition coefficient (Wildman–Crippen LogP) is 3.30. The Morgan fingerprint density at radius 1 is 1.08 bits per heavy atom. The van der Waals surface area contributed by atoms with Gasteiger partial charge >= 0.3 is 0 Å². The Kier molecular flexibility index (Phi) is 4.54. The van der Waals surface area contributed by atoms with Crippen LogP contribution in [-0.4, -0.2) is 40.1 Å². The summed E-state index contributed by atoms with van der Waals surface area (Å²) in [5.74, 6) is 0.0886. The van der Waals surface area contributed by atoms with Crippen molar-refractivity contribution in [2.45, 2.75) is 18.9 Å². The normalized spacial score (nSPS) is 15.8. The first kappa shape index (κ1) is 16.5. The second kappa shape index (κ2) is 7.14. The SMILES string of the molecule is NC1CCN(C(=O)c2ccc(C=Cc3n[nH]c4ccccc34)cc2)CC1. The number of likely N-dealkylation sites (tertiary alicyclic amines) is 1. The minimum Gasteiger partial charge on any atom is -0.339 e. The maximum Gasteiger partial charge on any atom is 0.253 e. The number of aromatic amines is 1. The number of benzene rings is 2. The van der Waals surface area contributed by atoms with Crippen LogP contribution in [0.5, 0.6) is 0 Å². The molecule has 1 fully saturated rings. The van der Waals surface area contributed by atoms with Crippen molar-refractivity contribution < 1.29 is 4.79 Å². The lowest BCUT2D eigenvalue weighted by Crippen LogP contribution is -2.42. The summed E-state index contributed by atoms with van der Waals surface area (Å²) < 4.78 is 0. The number of nitrogens with one attached hydrogen (secondary N) is 1. The van der Waals surface area contributed by atoms with Crippen LogP contribution in [0.2, 0.25) is 0 Å². The summed E-state index contributed by atoms with van der Waals surface area (Å²) in [6, 6.07) is 16.0. The average molecular weight is 346 g/mol. The summed E-state index contributed by atoms with van der Waals surface area (Å²) in [6.45, 7) is 1.49. The van der Waals surface area contributed by atoms with E-state index in [0.29, 0.717) is 0 Å². The molecule has 1 aliphatic heterocycles. The van der Waals surface area contributed by atoms with E-state index >= 15 is 0 Å². The summed E-state index contributed by atoms with van der Waals surface area (Å²) >= 11 is 0. The molecule has 5 nitrogen and oxygen atoms in total. The molecule has 0 aliphatic carbocycles. The topological polar surface area (TPSA) is 75.0 Å². The lowest BCUT2D eigenvalue weighted by Gasteiger charge is -2.30. The van der Waals surface area contributed by atoms with Gasteiger partial charge in [0.15, 0.2) is 0 Å². The second-order valence-electron chi connectivity index (χ2n) is 6.74. The number of H-pyrrole nitrogens is 1. The van der Waals surface area contributed by atoms with Crippen molar-refractivity contribution in [3.05, 3.63) is 65.4 Å². The number of amides is 1. The number of para-hydroxylation sites is 1. The van der Waals surface area contributed by atoms with Crippen LogP contribution in [0.3, 0.4) is 0 Å². The molecule has 1 aromatic heterocycles. The Bertz CT molecular complexity index is 934. The largest absolute Gasteiger partial charge is 0.339 e. The number of nitrogens with zero attached hydrogens (tertiary/aromatic N) is 2. The number of carbonyl (C=O) groups is 1. The van der Waals surface area contributed by atoms with E-state index in [9.17, 15) is 4.79 Å². The van der Waals surface area contributed by atoms with E-state index in [0.717, 1.165) is 53.7 Å². The first-order valence-corrected chi connectivity index (χ1v) is 8.97. The van der Waals surface area contributed by atoms with Crippen LogP contribution in [0, 0.1) is 0 Å². The number of piperidine rings is 1. The van der Waals surface area contributed by atoms with Gasteiger partial charge in [0.1, 0.15) is 0 Å². The van der Waals surface area contributed by atoms with Crippen molar-refractivity contribution in [1.82, 2.24) is 15.1 Å². The van der Waals surface area contributed by atoms with Crippen LogP contribution >= 0.6 is 0 Å². The van der Waals surface area contributed by atoms with Crippen molar-refractivity contribution in [1.29, 1.82) is 0 Å². The monoisotopic (exact) mass is 346 g/mol. The highest BCUT2D eigenvalue weighted by Crippen LogP contribution is 2.18. The zero-order valence-electron chi connectivity index (χ0n) is 14.6. The van der Waals surface area contributed by atoms with Gasteiger partial charge in [-0.15, -0.1) is 0 Å². The van der Waals surface area contributed by atoms with Gasteiger partial charge in [0.2, 0.25) is 0 Å². The Morgan fingerprint density at radius 2 is 1.81 bits per heavy atom. The quantitative estimate of drug-likeness (QED) is 0.764. The molecule has 0 saturated carbocycles. The lowest BCUT2D eigenvalue weighted by molar-refractivity contribution is 0.0715. The van der Waals surface area contributed by atoms with Crippen molar-refractivity contribution >= 4 is 29.0 Å². The van der Waals surface area contributed by atoms with Crippen LogP contribution in [-0.2, 0) is 0 Å². The van der Waals surface area contributed by atoms with E-state index in [2.05, 4.69) is 10.2 Å². The molecule has 3 N–H and O–H groups in total. The van der Waals surface area contributed by atoms with E-state index < -0.39 is 0 Å². The number of hydrogen-bond donors (Lipinski definition) is 2. The molecule has 2 heterocycles. The minimum absolute atomic E-state index is 0.0886. The smallest absolute Gasteiger partial charge is 0.253 e. The second-order valence-corrected chi connectivity index (χ2v) is 6.74. The zero-order valence-corrected chi connectivity index (χ0v) is 14.6. The van der Waals surface area contributed by atoms with Crippen LogP contribution in [0.15, 0.2) is 48.5 Å². The molecule has 1 saturated heterocycles. The van der Waals surface area contributed by atoms with Gasteiger partial charge in [-0.3, -0.25) is 9.89 Å². The molecule has 4 rings (SSSR count). The van der Waals surface area contributed by atoms with Gasteiger partial charge < -0.3 is 10.6 Å². The highest BCUT2D eigenvalue weighted by atomic mass is 16.2. The number of rotatable bonds is 3. The Morgan fingerprint density at radius 3 is 2.58 bits per heavy atom. The molecule has 3 aromatic rings. The summed E-state index contributed by atoms with van der Waals surface area (Å²) in [5, 5.41) is 8.46. The molecule has 2 aromatic carbocycles. The van der Waals surface area contributed by atoms with Gasteiger partial charge in [-0.1, -0.05) is 36.4 Å². The number of aromatic nitrogens is 2. The molecule has 0 bridgehead atoms. The summed E-state index contributed by atoms with van der Waals surface area (Å²) in [5.41, 5.74) is 9.60. The average Bonchev–Trinajstić information content (AvgIpc) is 3.10. The molecule has 5 heteroatoms. The van der Waals surface area contributed by atoms with Crippen molar-refractivity contribution in [2.24, 2.45) is 5.73 Å². The van der Waals surface area contributed by atoms with Crippen LogP contribution in [0.1, 0.15) is 34.5 Å². The number of carbonyl (C=O) groups excluding carboxylic acids is 1. The molecule has 1 amide bonds. The number of hydrogen-bond acceptors (Lipinski definition) is 3. The first-order chi connectivity index (χ1) is 12.7. The third-order valence-electron chi connectivity index (χ3n) is 4.92. The molecule has 0 unspecified atom stereocenters. The van der Waals surface area contributed by atoms with Crippen LogP contribution in [0.4, 0.5) is 0 Å². The van der Waals surface area contributed by atoms with Gasteiger partial charge in [-0.2, -0.15) is 5.10 Å². The fourth-order valence-corrected chi connectivity index (χ4v) is 3.31. The summed E-state index contributed by atoms with van der Waals surface area (Å²) in [6.07, 6.45) is 5.76. The van der Waals surface area contributed by atoms with E-state index in [1.165, 1.54) is 0 Å². The van der Waals surface area contributed by atoms with Gasteiger partial charge in [0.25, 0.3) is 5.91 Å². The zero-order chi connectivity index (χ0) is 17.9. The molecule has 1 aliphatic rings. The molecule has 0 atom stereocenters. The molecule has 26 heavy (non-hydrogen) atoms. The van der Waals surface area contributed by atoms with Gasteiger partial charge in [0, 0.05) is 30.1 Å². The van der Waals surface area contributed by atoms with E-state index in [1.54, 1.807) is 0 Å². The van der Waals surface area contributed by atoms with Crippen molar-refractivity contribution in [3.8, 4) is 0 Å². The lowest BCUT2D eigenvalue weighted by atomic mass is 10.0. The summed E-state index contributed by atoms with van der Waals surface area (Å²) in [4.78, 5) is 14.5. The molecular formula is C21H22N4O. The molecule has 0 radical (unpaired) electrons. The van der Waals surface area contributed by atoms with Crippen LogP contribution < -0.4 is 5.73 Å². The maximum absolute atomic E-state index is 12.6. The predicted molar refractivity (Wildman–Crippen MR) is 105 cm³/mol. The van der Waals surface area contributed by atoms with E-state index in [-0.39, 0.29) is 11.9 Å². The Balaban J connectivity index is 1.46. The fraction of sp³-hybridized carbons (Fsp3) is 0.238. The van der Waals surface area contributed by atoms with Gasteiger partial charge in [-0.05, 0) is 42.7 Å². The van der Waals surface area contributed by atoms with E-state index in [1.807, 2.05) is 65.6 Å². The highest BCUT2D eigenvalue weighted by molar-refractivity contribution is 5.95. The third kappa shape index (κ3) is 3.39. The minimum atomic E-state index is 0.0886. The molecule has 0 spiro atoms. The van der Waals surface area contributed by atoms with Crippen molar-refractivity contribution in [2.75, 3.05) is 13.1 Å². The Labute approximate surface area is 152 Å². The molecular weight excluding hydrogens is 324 g/mol. The Hall–Kier alpha value is -2.92. The van der Waals surface area contributed by atoms with Gasteiger partial charge in [-0.25, -0.2) is 0 Å².